The molecule has 3 aromatic rings. The molecule has 1 unspecified atom stereocenters. The van der Waals surface area contributed by atoms with Crippen molar-refractivity contribution in [3.8, 4) is 0 Å². The van der Waals surface area contributed by atoms with Crippen LogP contribution < -0.4 is 0 Å². The average molecular weight is 588 g/mol. The van der Waals surface area contributed by atoms with Crippen LogP contribution in [-0.4, -0.2) is 59.1 Å². The lowest BCUT2D eigenvalue weighted by atomic mass is 10.0. The van der Waals surface area contributed by atoms with Gasteiger partial charge >= 0.3 is 12.2 Å². The monoisotopic (exact) mass is 587 g/mol. The molecular weight excluding hydrogens is 560 g/mol. The minimum Gasteiger partial charge on any atom is -0.465 e. The zero-order valence-corrected chi connectivity index (χ0v) is 23.6. The Balaban J connectivity index is 1.74. The molecule has 0 saturated heterocycles. The van der Waals surface area contributed by atoms with Crippen LogP contribution in [0.3, 0.4) is 0 Å². The Labute approximate surface area is 239 Å². The van der Waals surface area contributed by atoms with Crippen LogP contribution in [0.5, 0.6) is 0 Å². The van der Waals surface area contributed by atoms with Gasteiger partial charge in [0.05, 0.1) is 0 Å². The number of thioether (sulfide) groups is 1. The number of carboxylic acid groups (broad SMARTS) is 1. The Morgan fingerprint density at radius 1 is 1.18 bits per heavy atom. The molecule has 2 heterocycles. The first-order chi connectivity index (χ1) is 18.9. The van der Waals surface area contributed by atoms with E-state index in [9.17, 15) is 23.5 Å². The zero-order valence-electron chi connectivity index (χ0n) is 22.0. The van der Waals surface area contributed by atoms with E-state index in [0.29, 0.717) is 4.90 Å². The van der Waals surface area contributed by atoms with Crippen molar-refractivity contribution in [1.29, 1.82) is 0 Å². The summed E-state index contributed by atoms with van der Waals surface area (Å²) in [7, 11) is 0. The molecule has 0 radical (unpaired) electrons. The van der Waals surface area contributed by atoms with Crippen LogP contribution in [0.25, 0.3) is 0 Å². The van der Waals surface area contributed by atoms with Crippen molar-refractivity contribution in [3.63, 3.8) is 0 Å². The molecule has 0 saturated carbocycles. The maximum absolute atomic E-state index is 14.9. The molecule has 2 aromatic carbocycles. The summed E-state index contributed by atoms with van der Waals surface area (Å²) in [5.74, 6) is -1.29. The standard InChI is InChI=1S/C27H27F2N5O4S2/c1-26(2,3)38-25(37)33(24(35)36)14-7-12-27(18-8-5-4-6-9-18)34(23(39)32-15-13-30-17-32)31-22(40-27)20-16-19(28)10-11-21(20)29/h4-6,8-11,13,15-17H,7,12,14H2,1-3H3,(H,35,36). The highest BCUT2D eigenvalue weighted by Crippen LogP contribution is 2.51. The van der Waals surface area contributed by atoms with Gasteiger partial charge in [-0.15, -0.1) is 0 Å². The lowest BCUT2D eigenvalue weighted by molar-refractivity contribution is 0.0263. The number of imide groups is 1. The summed E-state index contributed by atoms with van der Waals surface area (Å²) in [6.45, 7) is 4.74. The Kier molecular flexibility index (Phi) is 8.54. The van der Waals surface area contributed by atoms with Gasteiger partial charge in [-0.25, -0.2) is 33.3 Å². The summed E-state index contributed by atoms with van der Waals surface area (Å²) in [5.41, 5.74) is -0.192. The highest BCUT2D eigenvalue weighted by Gasteiger charge is 2.48. The maximum Gasteiger partial charge on any atom is 0.419 e. The van der Waals surface area contributed by atoms with Gasteiger partial charge in [0.25, 0.3) is 0 Å². The number of amides is 2. The normalized spacial score (nSPS) is 16.9. The Hall–Kier alpha value is -3.84. The Bertz CT molecular complexity index is 1430. The number of halogens is 2. The minimum absolute atomic E-state index is 0.0397. The highest BCUT2D eigenvalue weighted by atomic mass is 32.2. The first-order valence-corrected chi connectivity index (χ1v) is 13.5. The van der Waals surface area contributed by atoms with Gasteiger partial charge in [0, 0.05) is 24.5 Å². The van der Waals surface area contributed by atoms with Crippen molar-refractivity contribution in [3.05, 3.63) is 90.0 Å². The van der Waals surface area contributed by atoms with Crippen LogP contribution in [-0.2, 0) is 9.61 Å². The second-order valence-electron chi connectivity index (χ2n) is 9.86. The van der Waals surface area contributed by atoms with Crippen molar-refractivity contribution in [2.75, 3.05) is 6.54 Å². The van der Waals surface area contributed by atoms with Crippen LogP contribution in [0.1, 0.15) is 44.7 Å². The first-order valence-electron chi connectivity index (χ1n) is 12.3. The molecule has 2 amide bonds. The minimum atomic E-state index is -1.45. The third-order valence-electron chi connectivity index (χ3n) is 5.83. The molecule has 13 heteroatoms. The van der Waals surface area contributed by atoms with E-state index in [0.717, 1.165) is 23.8 Å². The molecule has 210 valence electrons. The van der Waals surface area contributed by atoms with Crippen molar-refractivity contribution in [1.82, 2.24) is 19.5 Å². The number of carbonyl (C=O) groups excluding carboxylic acids is 1. The molecule has 1 N–H and O–H groups in total. The largest absolute Gasteiger partial charge is 0.465 e. The molecule has 0 bridgehead atoms. The third kappa shape index (κ3) is 6.31. The Morgan fingerprint density at radius 2 is 1.90 bits per heavy atom. The number of hydrazone groups is 1. The van der Waals surface area contributed by atoms with Crippen LogP contribution in [0, 0.1) is 11.6 Å². The number of imidazole rings is 1. The Morgan fingerprint density at radius 3 is 2.52 bits per heavy atom. The molecule has 9 nitrogen and oxygen atoms in total. The van der Waals surface area contributed by atoms with E-state index in [2.05, 4.69) is 10.1 Å². The van der Waals surface area contributed by atoms with Gasteiger partial charge in [-0.2, -0.15) is 5.10 Å². The highest BCUT2D eigenvalue weighted by molar-refractivity contribution is 8.15. The SMILES string of the molecule is CC(C)(C)OC(=O)N(CCCC1(c2ccccc2)SC(c2cc(F)ccc2F)=NN1C(=S)n1ccnc1)C(=O)O. The van der Waals surface area contributed by atoms with Crippen LogP contribution in [0.15, 0.2) is 72.4 Å². The van der Waals surface area contributed by atoms with Gasteiger partial charge < -0.3 is 9.84 Å². The molecule has 1 aliphatic heterocycles. The van der Waals surface area contributed by atoms with Crippen molar-refractivity contribution in [2.24, 2.45) is 5.10 Å². The molecule has 1 atom stereocenters. The van der Waals surface area contributed by atoms with Crippen molar-refractivity contribution >= 4 is 46.3 Å². The van der Waals surface area contributed by atoms with Gasteiger partial charge in [0.2, 0.25) is 5.11 Å². The summed E-state index contributed by atoms with van der Waals surface area (Å²) < 4.78 is 35.9. The predicted octanol–water partition coefficient (Wildman–Crippen LogP) is 6.25. The number of carbonyl (C=O) groups is 2. The third-order valence-corrected chi connectivity index (χ3v) is 7.66. The fourth-order valence-corrected chi connectivity index (χ4v) is 5.87. The number of hydrogen-bond donors (Lipinski definition) is 1. The van der Waals surface area contributed by atoms with Crippen LogP contribution >= 0.6 is 24.0 Å². The van der Waals surface area contributed by atoms with E-state index >= 15 is 0 Å². The lowest BCUT2D eigenvalue weighted by Crippen LogP contribution is -2.44. The molecule has 1 aromatic heterocycles. The summed E-state index contributed by atoms with van der Waals surface area (Å²) in [5, 5.41) is 16.3. The van der Waals surface area contributed by atoms with Gasteiger partial charge in [0.1, 0.15) is 33.5 Å². The summed E-state index contributed by atoms with van der Waals surface area (Å²) in [4.78, 5) is 28.1. The van der Waals surface area contributed by atoms with Gasteiger partial charge in [0.15, 0.2) is 0 Å². The molecule has 0 aliphatic carbocycles. The topological polar surface area (TPSA) is 100 Å². The number of aromatic nitrogens is 2. The lowest BCUT2D eigenvalue weighted by Gasteiger charge is -2.37. The number of thiocarbonyl (C=S) groups is 1. The molecule has 0 spiro atoms. The zero-order chi connectivity index (χ0) is 29.1. The number of rotatable bonds is 6. The van der Waals surface area contributed by atoms with E-state index < -0.39 is 34.3 Å². The molecule has 0 fully saturated rings. The first kappa shape index (κ1) is 29.2. The fourth-order valence-electron chi connectivity index (χ4n) is 4.08. The van der Waals surface area contributed by atoms with Gasteiger partial charge in [-0.3, -0.25) is 4.57 Å². The molecular formula is C27H27F2N5O4S2. The predicted molar refractivity (Wildman–Crippen MR) is 151 cm³/mol. The number of ether oxygens (including phenoxy) is 1. The summed E-state index contributed by atoms with van der Waals surface area (Å²) in [6.07, 6.45) is 2.62. The van der Waals surface area contributed by atoms with E-state index in [1.807, 2.05) is 30.3 Å². The van der Waals surface area contributed by atoms with Crippen molar-refractivity contribution in [2.45, 2.75) is 44.1 Å². The van der Waals surface area contributed by atoms with Gasteiger partial charge in [-0.1, -0.05) is 42.1 Å². The number of nitrogens with zero attached hydrogens (tertiary/aromatic N) is 5. The number of hydrogen-bond acceptors (Lipinski definition) is 7. The van der Waals surface area contributed by atoms with Crippen molar-refractivity contribution < 1.29 is 28.2 Å². The van der Waals surface area contributed by atoms with Crippen LogP contribution in [0.2, 0.25) is 0 Å². The molecule has 1 aliphatic rings. The quantitative estimate of drug-likeness (QED) is 0.338. The van der Waals surface area contributed by atoms with Gasteiger partial charge in [-0.05, 0) is 69.6 Å². The van der Waals surface area contributed by atoms with E-state index in [4.69, 9.17) is 17.0 Å². The second-order valence-corrected chi connectivity index (χ2v) is 11.5. The molecule has 40 heavy (non-hydrogen) atoms. The second kappa shape index (κ2) is 11.7. The van der Waals surface area contributed by atoms with E-state index in [-0.39, 0.29) is 35.1 Å². The summed E-state index contributed by atoms with van der Waals surface area (Å²) in [6, 6.07) is 12.3. The number of benzene rings is 2. The fraction of sp³-hybridized carbons (Fsp3) is 0.296. The summed E-state index contributed by atoms with van der Waals surface area (Å²) >= 11 is 6.94. The molecule has 4 rings (SSSR count). The van der Waals surface area contributed by atoms with E-state index in [1.54, 1.807) is 37.7 Å². The average Bonchev–Trinajstić information content (AvgIpc) is 3.56. The smallest absolute Gasteiger partial charge is 0.419 e. The van der Waals surface area contributed by atoms with Crippen LogP contribution in [0.4, 0.5) is 18.4 Å². The maximum atomic E-state index is 14.9. The van der Waals surface area contributed by atoms with E-state index in [1.165, 1.54) is 23.1 Å².